The SMILES string of the molecule is CC(C)(C)[Si](C)(C)OCCCNc1nc(N)ncc1-c1cc(-c2cc3ccccc3s2)c2[nH]ncc2c1. The highest BCUT2D eigenvalue weighted by atomic mass is 32.1. The summed E-state index contributed by atoms with van der Waals surface area (Å²) in [5, 5.41) is 13.5. The number of hydrogen-bond acceptors (Lipinski definition) is 7. The fraction of sp³-hybridized carbons (Fsp3) is 0.321. The molecule has 5 aromatic rings. The lowest BCUT2D eigenvalue weighted by molar-refractivity contribution is 0.286. The van der Waals surface area contributed by atoms with Gasteiger partial charge in [0.2, 0.25) is 5.95 Å². The number of rotatable bonds is 8. The minimum atomic E-state index is -1.76. The summed E-state index contributed by atoms with van der Waals surface area (Å²) in [6.07, 6.45) is 4.54. The summed E-state index contributed by atoms with van der Waals surface area (Å²) in [6.45, 7) is 12.8. The Morgan fingerprint density at radius 2 is 1.86 bits per heavy atom. The first-order chi connectivity index (χ1) is 17.6. The van der Waals surface area contributed by atoms with Crippen molar-refractivity contribution in [2.45, 2.75) is 45.3 Å². The summed E-state index contributed by atoms with van der Waals surface area (Å²) in [6, 6.07) is 15.0. The molecule has 5 rings (SSSR count). The standard InChI is InChI=1S/C28H34N6OSSi/c1-28(2,3)37(4,5)35-12-8-11-30-26-22(17-31-27(29)33-26)19-13-20-16-32-34-25(20)21(14-19)24-15-18-9-6-7-10-23(18)36-24/h6-7,9-10,13-17H,8,11-12H2,1-5H3,(H,32,34)(H3,29,30,31,33). The van der Waals surface area contributed by atoms with E-state index in [1.165, 1.54) is 15.0 Å². The minimum absolute atomic E-state index is 0.201. The third-order valence-electron chi connectivity index (χ3n) is 7.24. The summed E-state index contributed by atoms with van der Waals surface area (Å²) in [4.78, 5) is 10.0. The van der Waals surface area contributed by atoms with Crippen LogP contribution in [0.2, 0.25) is 18.1 Å². The molecule has 0 spiro atoms. The van der Waals surface area contributed by atoms with Crippen LogP contribution in [0.1, 0.15) is 27.2 Å². The van der Waals surface area contributed by atoms with Crippen LogP contribution in [0.3, 0.4) is 0 Å². The first-order valence-corrected chi connectivity index (χ1v) is 16.3. The highest BCUT2D eigenvalue weighted by molar-refractivity contribution is 7.22. The first kappa shape index (κ1) is 25.4. The van der Waals surface area contributed by atoms with Gasteiger partial charge in [-0.25, -0.2) is 4.98 Å². The number of hydrogen-bond donors (Lipinski definition) is 3. The van der Waals surface area contributed by atoms with Crippen LogP contribution in [-0.2, 0) is 4.43 Å². The lowest BCUT2D eigenvalue weighted by Crippen LogP contribution is -2.41. The largest absolute Gasteiger partial charge is 0.417 e. The van der Waals surface area contributed by atoms with Gasteiger partial charge < -0.3 is 15.5 Å². The number of anilines is 2. The lowest BCUT2D eigenvalue weighted by Gasteiger charge is -2.36. The van der Waals surface area contributed by atoms with Crippen molar-refractivity contribution in [1.82, 2.24) is 20.2 Å². The Morgan fingerprint density at radius 3 is 2.65 bits per heavy atom. The first-order valence-electron chi connectivity index (χ1n) is 12.6. The van der Waals surface area contributed by atoms with Crippen LogP contribution in [0.25, 0.3) is 42.6 Å². The molecule has 0 bridgehead atoms. The second-order valence-electron chi connectivity index (χ2n) is 10.9. The summed E-state index contributed by atoms with van der Waals surface area (Å²) in [7, 11) is -1.76. The van der Waals surface area contributed by atoms with E-state index in [0.717, 1.165) is 53.0 Å². The lowest BCUT2D eigenvalue weighted by atomic mass is 10.0. The zero-order valence-electron chi connectivity index (χ0n) is 22.1. The molecule has 7 nitrogen and oxygen atoms in total. The van der Waals surface area contributed by atoms with E-state index in [1.807, 2.05) is 6.20 Å². The van der Waals surface area contributed by atoms with Crippen LogP contribution in [0.15, 0.2) is 54.9 Å². The predicted molar refractivity (Wildman–Crippen MR) is 159 cm³/mol. The number of fused-ring (bicyclic) bond motifs is 2. The van der Waals surface area contributed by atoms with E-state index in [-0.39, 0.29) is 11.0 Å². The minimum Gasteiger partial charge on any atom is -0.417 e. The van der Waals surface area contributed by atoms with Crippen molar-refractivity contribution in [3.05, 3.63) is 54.9 Å². The van der Waals surface area contributed by atoms with Gasteiger partial charge in [-0.2, -0.15) is 10.1 Å². The van der Waals surface area contributed by atoms with Gasteiger partial charge in [-0.05, 0) is 59.8 Å². The Labute approximate surface area is 222 Å². The summed E-state index contributed by atoms with van der Waals surface area (Å²) >= 11 is 1.78. The second-order valence-corrected chi connectivity index (χ2v) is 16.8. The molecule has 9 heteroatoms. The fourth-order valence-electron chi connectivity index (χ4n) is 4.09. The van der Waals surface area contributed by atoms with Crippen molar-refractivity contribution >= 4 is 52.4 Å². The third-order valence-corrected chi connectivity index (χ3v) is 12.9. The molecule has 0 unspecified atom stereocenters. The Bertz CT molecular complexity index is 1520. The van der Waals surface area contributed by atoms with Crippen molar-refractivity contribution in [3.8, 4) is 21.6 Å². The number of nitrogens with one attached hydrogen (secondary N) is 2. The highest BCUT2D eigenvalue weighted by Crippen LogP contribution is 2.40. The Hall–Kier alpha value is -3.27. The van der Waals surface area contributed by atoms with E-state index in [2.05, 4.69) is 102 Å². The molecule has 37 heavy (non-hydrogen) atoms. The molecule has 192 valence electrons. The molecular formula is C28H34N6OSSi. The Balaban J connectivity index is 1.42. The number of aromatic nitrogens is 4. The van der Waals surface area contributed by atoms with E-state index in [1.54, 1.807) is 17.5 Å². The number of thiophene rings is 1. The molecule has 0 aliphatic carbocycles. The Morgan fingerprint density at radius 1 is 1.05 bits per heavy atom. The van der Waals surface area contributed by atoms with Crippen molar-refractivity contribution in [3.63, 3.8) is 0 Å². The molecule has 0 aliphatic rings. The van der Waals surface area contributed by atoms with Gasteiger partial charge in [0.15, 0.2) is 8.32 Å². The van der Waals surface area contributed by atoms with Gasteiger partial charge in [0.25, 0.3) is 0 Å². The molecule has 0 atom stereocenters. The maximum atomic E-state index is 6.33. The van der Waals surface area contributed by atoms with Crippen molar-refractivity contribution in [1.29, 1.82) is 0 Å². The molecule has 0 radical (unpaired) electrons. The molecular weight excluding hydrogens is 497 g/mol. The zero-order chi connectivity index (χ0) is 26.2. The molecule has 0 fully saturated rings. The van der Waals surface area contributed by atoms with E-state index >= 15 is 0 Å². The van der Waals surface area contributed by atoms with Crippen LogP contribution in [0.5, 0.6) is 0 Å². The van der Waals surface area contributed by atoms with Gasteiger partial charge in [-0.15, -0.1) is 11.3 Å². The maximum absolute atomic E-state index is 6.33. The molecule has 0 amide bonds. The van der Waals surface area contributed by atoms with Crippen LogP contribution in [0.4, 0.5) is 11.8 Å². The molecule has 3 heterocycles. The van der Waals surface area contributed by atoms with E-state index in [9.17, 15) is 0 Å². The van der Waals surface area contributed by atoms with E-state index in [4.69, 9.17) is 10.2 Å². The molecule has 0 saturated heterocycles. The van der Waals surface area contributed by atoms with Gasteiger partial charge in [0.1, 0.15) is 5.82 Å². The Kier molecular flexibility index (Phi) is 6.78. The molecule has 0 aliphatic heterocycles. The number of nitrogens with two attached hydrogens (primary N) is 1. The third kappa shape index (κ3) is 5.25. The highest BCUT2D eigenvalue weighted by Gasteiger charge is 2.36. The topological polar surface area (TPSA) is 102 Å². The van der Waals surface area contributed by atoms with Gasteiger partial charge in [0, 0.05) is 45.4 Å². The number of nitrogens with zero attached hydrogens (tertiary/aromatic N) is 3. The summed E-state index contributed by atoms with van der Waals surface area (Å²) in [5.74, 6) is 0.975. The fourth-order valence-corrected chi connectivity index (χ4v) is 6.26. The molecule has 0 saturated carbocycles. The number of aromatic amines is 1. The predicted octanol–water partition coefficient (Wildman–Crippen LogP) is 7.31. The van der Waals surface area contributed by atoms with Crippen molar-refractivity contribution < 1.29 is 4.43 Å². The average molecular weight is 531 g/mol. The number of benzene rings is 2. The molecule has 2 aromatic carbocycles. The number of H-pyrrole nitrogens is 1. The smallest absolute Gasteiger partial charge is 0.221 e. The normalized spacial score (nSPS) is 12.5. The summed E-state index contributed by atoms with van der Waals surface area (Å²) in [5.41, 5.74) is 10.0. The number of nitrogen functional groups attached to an aromatic ring is 1. The monoisotopic (exact) mass is 530 g/mol. The van der Waals surface area contributed by atoms with Crippen LogP contribution < -0.4 is 11.1 Å². The van der Waals surface area contributed by atoms with Crippen LogP contribution in [-0.4, -0.2) is 41.6 Å². The average Bonchev–Trinajstić information content (AvgIpc) is 3.49. The van der Waals surface area contributed by atoms with E-state index in [0.29, 0.717) is 0 Å². The van der Waals surface area contributed by atoms with Gasteiger partial charge in [-0.3, -0.25) is 5.10 Å². The maximum Gasteiger partial charge on any atom is 0.221 e. The van der Waals surface area contributed by atoms with E-state index < -0.39 is 8.32 Å². The molecule has 3 aromatic heterocycles. The second kappa shape index (κ2) is 9.89. The summed E-state index contributed by atoms with van der Waals surface area (Å²) < 4.78 is 7.59. The van der Waals surface area contributed by atoms with Gasteiger partial charge in [-0.1, -0.05) is 39.0 Å². The van der Waals surface area contributed by atoms with Gasteiger partial charge in [0.05, 0.1) is 11.7 Å². The van der Waals surface area contributed by atoms with Crippen LogP contribution in [0, 0.1) is 0 Å². The van der Waals surface area contributed by atoms with Gasteiger partial charge >= 0.3 is 0 Å². The quantitative estimate of drug-likeness (QED) is 0.144. The van der Waals surface area contributed by atoms with Crippen LogP contribution >= 0.6 is 11.3 Å². The zero-order valence-corrected chi connectivity index (χ0v) is 23.9. The van der Waals surface area contributed by atoms with Crippen molar-refractivity contribution in [2.75, 3.05) is 24.2 Å². The molecule has 4 N–H and O–H groups in total. The van der Waals surface area contributed by atoms with Crippen molar-refractivity contribution in [2.24, 2.45) is 0 Å².